The second kappa shape index (κ2) is 6.22. The second-order valence-corrected chi connectivity index (χ2v) is 5.92. The van der Waals surface area contributed by atoms with Crippen molar-refractivity contribution in [1.82, 2.24) is 5.32 Å². The van der Waals surface area contributed by atoms with E-state index in [1.54, 1.807) is 24.3 Å². The predicted molar refractivity (Wildman–Crippen MR) is 80.5 cm³/mol. The van der Waals surface area contributed by atoms with Crippen LogP contribution in [0.3, 0.4) is 0 Å². The molecule has 1 saturated carbocycles. The van der Waals surface area contributed by atoms with Crippen LogP contribution in [0, 0.1) is 0 Å². The van der Waals surface area contributed by atoms with Crippen molar-refractivity contribution in [2.24, 2.45) is 0 Å². The highest BCUT2D eigenvalue weighted by atomic mass is 35.5. The summed E-state index contributed by atoms with van der Waals surface area (Å²) < 4.78 is 11.4. The van der Waals surface area contributed by atoms with E-state index in [4.69, 9.17) is 21.1 Å². The largest absolute Gasteiger partial charge is 0.348 e. The zero-order valence-electron chi connectivity index (χ0n) is 11.7. The van der Waals surface area contributed by atoms with Gasteiger partial charge in [-0.15, -0.1) is 0 Å². The van der Waals surface area contributed by atoms with E-state index in [0.717, 1.165) is 31.4 Å². The van der Waals surface area contributed by atoms with Crippen LogP contribution in [0.15, 0.2) is 24.3 Å². The van der Waals surface area contributed by atoms with Crippen molar-refractivity contribution in [3.8, 4) is 0 Å². The van der Waals surface area contributed by atoms with E-state index >= 15 is 0 Å². The zero-order chi connectivity index (χ0) is 14.7. The Kier molecular flexibility index (Phi) is 4.33. The molecule has 1 aliphatic heterocycles. The van der Waals surface area contributed by atoms with E-state index in [0.29, 0.717) is 18.2 Å². The van der Waals surface area contributed by atoms with Crippen LogP contribution in [0.2, 0.25) is 5.02 Å². The first-order valence-corrected chi connectivity index (χ1v) is 7.64. The third-order valence-electron chi connectivity index (χ3n) is 4.00. The van der Waals surface area contributed by atoms with Crippen LogP contribution in [-0.4, -0.2) is 31.1 Å². The number of carbonyl (C=O) groups is 1. The van der Waals surface area contributed by atoms with Gasteiger partial charge in [0, 0.05) is 29.6 Å². The lowest BCUT2D eigenvalue weighted by Crippen LogP contribution is -2.45. The number of halogens is 1. The van der Waals surface area contributed by atoms with Crippen LogP contribution in [-0.2, 0) is 9.47 Å². The monoisotopic (exact) mass is 310 g/mol. The fraction of sp³-hybridized carbons (Fsp3) is 0.533. The van der Waals surface area contributed by atoms with Crippen LogP contribution in [0.25, 0.3) is 0 Å². The number of rotatable bonds is 2. The molecule has 0 aromatic heterocycles. The zero-order valence-corrected chi connectivity index (χ0v) is 12.5. The third kappa shape index (κ3) is 3.67. The fourth-order valence-corrected chi connectivity index (χ4v) is 3.00. The highest BCUT2D eigenvalue weighted by molar-refractivity contribution is 6.30. The van der Waals surface area contributed by atoms with Gasteiger partial charge in [0.25, 0.3) is 0 Å². The molecule has 1 aromatic rings. The van der Waals surface area contributed by atoms with Gasteiger partial charge in [-0.05, 0) is 37.1 Å². The Labute approximate surface area is 128 Å². The number of carbonyl (C=O) groups excluding carboxylic acids is 1. The molecule has 6 heteroatoms. The number of anilines is 1. The quantitative estimate of drug-likeness (QED) is 0.882. The molecule has 1 spiro atoms. The first-order valence-electron chi connectivity index (χ1n) is 7.26. The Hall–Kier alpha value is -1.30. The molecular formula is C15H19ClN2O3. The Bertz CT molecular complexity index is 490. The summed E-state index contributed by atoms with van der Waals surface area (Å²) in [5.41, 5.74) is 0.728. The molecule has 2 N–H and O–H groups in total. The normalized spacial score (nSPS) is 21.4. The van der Waals surface area contributed by atoms with Gasteiger partial charge in [0.15, 0.2) is 5.79 Å². The summed E-state index contributed by atoms with van der Waals surface area (Å²) in [6.45, 7) is 1.35. The number of urea groups is 1. The van der Waals surface area contributed by atoms with E-state index in [1.165, 1.54) is 0 Å². The van der Waals surface area contributed by atoms with Crippen LogP contribution < -0.4 is 10.6 Å². The summed E-state index contributed by atoms with van der Waals surface area (Å²) in [6, 6.07) is 7.02. The number of nitrogens with one attached hydrogen (secondary N) is 2. The van der Waals surface area contributed by atoms with E-state index in [-0.39, 0.29) is 17.9 Å². The van der Waals surface area contributed by atoms with E-state index < -0.39 is 0 Å². The number of hydrogen-bond acceptors (Lipinski definition) is 3. The van der Waals surface area contributed by atoms with Crippen molar-refractivity contribution in [2.45, 2.75) is 37.5 Å². The van der Waals surface area contributed by atoms with Crippen LogP contribution in [0.4, 0.5) is 10.5 Å². The lowest BCUT2D eigenvalue weighted by atomic mass is 9.90. The maximum atomic E-state index is 12.0. The van der Waals surface area contributed by atoms with Crippen molar-refractivity contribution in [2.75, 3.05) is 18.5 Å². The third-order valence-corrected chi connectivity index (χ3v) is 4.25. The molecule has 0 unspecified atom stereocenters. The first kappa shape index (κ1) is 14.6. The fourth-order valence-electron chi connectivity index (χ4n) is 2.87. The standard InChI is InChI=1S/C15H19ClN2O3/c16-11-1-3-12(4-2-11)17-14(19)18-13-5-7-15(8-6-13)20-9-10-21-15/h1-4,13H,5-10H2,(H2,17,18,19). The van der Waals surface area contributed by atoms with Gasteiger partial charge in [0.05, 0.1) is 13.2 Å². The van der Waals surface area contributed by atoms with Gasteiger partial charge in [0.2, 0.25) is 0 Å². The summed E-state index contributed by atoms with van der Waals surface area (Å²) in [5, 5.41) is 6.45. The van der Waals surface area contributed by atoms with Crippen LogP contribution >= 0.6 is 11.6 Å². The lowest BCUT2D eigenvalue weighted by Gasteiger charge is -2.35. The number of amides is 2. The molecule has 2 aliphatic rings. The summed E-state index contributed by atoms with van der Waals surface area (Å²) >= 11 is 5.81. The Morgan fingerprint density at radius 1 is 1.14 bits per heavy atom. The van der Waals surface area contributed by atoms with Crippen molar-refractivity contribution >= 4 is 23.3 Å². The molecule has 1 aromatic carbocycles. The highest BCUT2D eigenvalue weighted by Crippen LogP contribution is 2.35. The molecule has 1 aliphatic carbocycles. The smallest absolute Gasteiger partial charge is 0.319 e. The summed E-state index contributed by atoms with van der Waals surface area (Å²) in [6.07, 6.45) is 3.40. The Morgan fingerprint density at radius 3 is 2.38 bits per heavy atom. The number of ether oxygens (including phenoxy) is 2. The van der Waals surface area contributed by atoms with E-state index in [9.17, 15) is 4.79 Å². The van der Waals surface area contributed by atoms with Crippen molar-refractivity contribution in [3.05, 3.63) is 29.3 Å². The summed E-state index contributed by atoms with van der Waals surface area (Å²) in [5.74, 6) is -0.384. The van der Waals surface area contributed by atoms with Gasteiger partial charge in [-0.25, -0.2) is 4.79 Å². The van der Waals surface area contributed by atoms with Gasteiger partial charge in [-0.1, -0.05) is 11.6 Å². The molecule has 2 amide bonds. The molecule has 3 rings (SSSR count). The molecule has 0 bridgehead atoms. The molecule has 2 fully saturated rings. The Balaban J connectivity index is 1.46. The number of benzene rings is 1. The van der Waals surface area contributed by atoms with Crippen molar-refractivity contribution in [1.29, 1.82) is 0 Å². The molecule has 5 nitrogen and oxygen atoms in total. The summed E-state index contributed by atoms with van der Waals surface area (Å²) in [4.78, 5) is 12.0. The second-order valence-electron chi connectivity index (χ2n) is 5.49. The molecule has 1 heterocycles. The van der Waals surface area contributed by atoms with Gasteiger partial charge >= 0.3 is 6.03 Å². The highest BCUT2D eigenvalue weighted by Gasteiger charge is 2.40. The first-order chi connectivity index (χ1) is 10.2. The minimum atomic E-state index is -0.384. The number of hydrogen-bond donors (Lipinski definition) is 2. The van der Waals surface area contributed by atoms with Gasteiger partial charge in [-0.3, -0.25) is 0 Å². The van der Waals surface area contributed by atoms with Gasteiger partial charge < -0.3 is 20.1 Å². The molecule has 1 saturated heterocycles. The van der Waals surface area contributed by atoms with Crippen LogP contribution in [0.5, 0.6) is 0 Å². The Morgan fingerprint density at radius 2 is 1.76 bits per heavy atom. The maximum absolute atomic E-state index is 12.0. The van der Waals surface area contributed by atoms with Crippen molar-refractivity contribution < 1.29 is 14.3 Å². The van der Waals surface area contributed by atoms with E-state index in [1.807, 2.05) is 0 Å². The lowest BCUT2D eigenvalue weighted by molar-refractivity contribution is -0.179. The average Bonchev–Trinajstić information content (AvgIpc) is 2.93. The van der Waals surface area contributed by atoms with Gasteiger partial charge in [-0.2, -0.15) is 0 Å². The van der Waals surface area contributed by atoms with E-state index in [2.05, 4.69) is 10.6 Å². The molecule has 114 valence electrons. The molecule has 0 atom stereocenters. The molecule has 21 heavy (non-hydrogen) atoms. The predicted octanol–water partition coefficient (Wildman–Crippen LogP) is 3.15. The van der Waals surface area contributed by atoms with Crippen molar-refractivity contribution in [3.63, 3.8) is 0 Å². The van der Waals surface area contributed by atoms with Gasteiger partial charge in [0.1, 0.15) is 0 Å². The molecular weight excluding hydrogens is 292 g/mol. The van der Waals surface area contributed by atoms with Crippen LogP contribution in [0.1, 0.15) is 25.7 Å². The topological polar surface area (TPSA) is 59.6 Å². The maximum Gasteiger partial charge on any atom is 0.319 e. The average molecular weight is 311 g/mol. The summed E-state index contributed by atoms with van der Waals surface area (Å²) in [7, 11) is 0. The minimum Gasteiger partial charge on any atom is -0.348 e. The molecule has 0 radical (unpaired) electrons. The SMILES string of the molecule is O=C(Nc1ccc(Cl)cc1)NC1CCC2(CC1)OCCO2. The minimum absolute atomic E-state index is 0.163.